The van der Waals surface area contributed by atoms with E-state index in [9.17, 15) is 10.1 Å². The normalized spacial score (nSPS) is 21.1. The maximum Gasteiger partial charge on any atom is 0.333 e. The van der Waals surface area contributed by atoms with E-state index in [4.69, 9.17) is 0 Å². The molecule has 0 aliphatic heterocycles. The quantitative estimate of drug-likeness (QED) is 0.688. The van der Waals surface area contributed by atoms with Gasteiger partial charge in [0.2, 0.25) is 11.8 Å². The van der Waals surface area contributed by atoms with E-state index in [-0.39, 0.29) is 11.5 Å². The first-order chi connectivity index (χ1) is 11.0. The molecule has 2 aromatic heterocycles. The van der Waals surface area contributed by atoms with Crippen molar-refractivity contribution in [2.75, 3.05) is 5.32 Å². The second-order valence-electron chi connectivity index (χ2n) is 6.14. The number of hydrogen-bond donors (Lipinski definition) is 1. The molecule has 2 atom stereocenters. The molecule has 0 radical (unpaired) electrons. The smallest absolute Gasteiger partial charge is 0.333 e. The van der Waals surface area contributed by atoms with Crippen LogP contribution in [0, 0.1) is 23.0 Å². The van der Waals surface area contributed by atoms with Crippen LogP contribution < -0.4 is 5.32 Å². The molecule has 0 bridgehead atoms. The lowest BCUT2D eigenvalue weighted by molar-refractivity contribution is -0.385. The van der Waals surface area contributed by atoms with Gasteiger partial charge in [0, 0.05) is 18.4 Å². The third-order valence-electron chi connectivity index (χ3n) is 4.24. The molecule has 1 aliphatic rings. The fourth-order valence-corrected chi connectivity index (χ4v) is 3.14. The number of nitro groups is 1. The van der Waals surface area contributed by atoms with Gasteiger partial charge in [-0.05, 0) is 25.7 Å². The molecule has 2 heterocycles. The molecule has 3 rings (SSSR count). The van der Waals surface area contributed by atoms with Crippen LogP contribution in [0.25, 0.3) is 5.82 Å². The zero-order chi connectivity index (χ0) is 16.4. The average Bonchev–Trinajstić information content (AvgIpc) is 3.00. The fraction of sp³-hybridized carbons (Fsp3) is 0.533. The highest BCUT2D eigenvalue weighted by atomic mass is 16.6. The van der Waals surface area contributed by atoms with Crippen molar-refractivity contribution in [1.82, 2.24) is 19.5 Å². The first-order valence-electron chi connectivity index (χ1n) is 7.82. The highest BCUT2D eigenvalue weighted by Crippen LogP contribution is 2.28. The zero-order valence-electron chi connectivity index (χ0n) is 13.3. The lowest BCUT2D eigenvalue weighted by Gasteiger charge is -2.27. The highest BCUT2D eigenvalue weighted by Gasteiger charge is 2.25. The minimum atomic E-state index is -0.447. The fourth-order valence-electron chi connectivity index (χ4n) is 3.14. The van der Waals surface area contributed by atoms with E-state index in [2.05, 4.69) is 27.2 Å². The molecular weight excluding hydrogens is 296 g/mol. The van der Waals surface area contributed by atoms with Gasteiger partial charge in [0.1, 0.15) is 12.0 Å². The van der Waals surface area contributed by atoms with Crippen LogP contribution in [0.4, 0.5) is 11.6 Å². The monoisotopic (exact) mass is 316 g/mol. The van der Waals surface area contributed by atoms with Crippen molar-refractivity contribution in [2.45, 2.75) is 45.6 Å². The molecule has 0 amide bonds. The summed E-state index contributed by atoms with van der Waals surface area (Å²) in [5.41, 5.74) is 0.255. The summed E-state index contributed by atoms with van der Waals surface area (Å²) < 4.78 is 1.54. The van der Waals surface area contributed by atoms with E-state index in [1.807, 2.05) is 0 Å². The molecule has 8 heteroatoms. The maximum atomic E-state index is 11.4. The summed E-state index contributed by atoms with van der Waals surface area (Å²) in [6.45, 7) is 3.88. The van der Waals surface area contributed by atoms with Crippen molar-refractivity contribution in [2.24, 2.45) is 5.92 Å². The summed E-state index contributed by atoms with van der Waals surface area (Å²) in [7, 11) is 0. The summed E-state index contributed by atoms with van der Waals surface area (Å²) in [6, 6.07) is 0.315. The molecule has 1 N–H and O–H groups in total. The van der Waals surface area contributed by atoms with Crippen molar-refractivity contribution < 1.29 is 4.92 Å². The van der Waals surface area contributed by atoms with Gasteiger partial charge in [-0.15, -0.1) is 0 Å². The van der Waals surface area contributed by atoms with Gasteiger partial charge in [-0.3, -0.25) is 14.7 Å². The second kappa shape index (κ2) is 6.31. The van der Waals surface area contributed by atoms with Gasteiger partial charge in [0.25, 0.3) is 0 Å². The SMILES string of the molecule is Cc1nc(NC2CCC[C@@H](C)C2)nc(-n2ccnc2)c1[N+](=O)[O-]. The first kappa shape index (κ1) is 15.4. The van der Waals surface area contributed by atoms with Gasteiger partial charge in [0.15, 0.2) is 0 Å². The summed E-state index contributed by atoms with van der Waals surface area (Å²) in [5, 5.41) is 14.7. The first-order valence-corrected chi connectivity index (χ1v) is 7.82. The van der Waals surface area contributed by atoms with Crippen LogP contribution in [0.1, 0.15) is 38.3 Å². The van der Waals surface area contributed by atoms with Crippen molar-refractivity contribution in [3.63, 3.8) is 0 Å². The molecule has 23 heavy (non-hydrogen) atoms. The number of imidazole rings is 1. The standard InChI is InChI=1S/C15H20N6O2/c1-10-4-3-5-12(8-10)18-15-17-11(2)13(21(22)23)14(19-15)20-7-6-16-9-20/h6-7,9-10,12H,3-5,8H2,1-2H3,(H,17,18,19)/t10-,12?/m1/s1. The Kier molecular flexibility index (Phi) is 4.22. The lowest BCUT2D eigenvalue weighted by Crippen LogP contribution is -2.27. The number of nitrogens with one attached hydrogen (secondary N) is 1. The van der Waals surface area contributed by atoms with E-state index < -0.39 is 4.92 Å². The van der Waals surface area contributed by atoms with E-state index >= 15 is 0 Å². The Labute approximate surface area is 134 Å². The van der Waals surface area contributed by atoms with E-state index in [1.165, 1.54) is 19.2 Å². The third kappa shape index (κ3) is 3.30. The number of aryl methyl sites for hydroxylation is 1. The van der Waals surface area contributed by atoms with E-state index in [1.54, 1.807) is 23.9 Å². The predicted octanol–water partition coefficient (Wildman–Crippen LogP) is 2.87. The molecular formula is C15H20N6O2. The minimum Gasteiger partial charge on any atom is -0.351 e. The van der Waals surface area contributed by atoms with Crippen LogP contribution in [-0.4, -0.2) is 30.5 Å². The van der Waals surface area contributed by atoms with Gasteiger partial charge < -0.3 is 5.32 Å². The number of aromatic nitrogens is 4. The highest BCUT2D eigenvalue weighted by molar-refractivity contribution is 5.53. The summed E-state index contributed by atoms with van der Waals surface area (Å²) in [6.07, 6.45) is 9.28. The van der Waals surface area contributed by atoms with Gasteiger partial charge >= 0.3 is 5.69 Å². The number of anilines is 1. The predicted molar refractivity (Wildman–Crippen MR) is 85.6 cm³/mol. The number of nitrogens with zero attached hydrogens (tertiary/aromatic N) is 5. The van der Waals surface area contributed by atoms with Crippen LogP contribution >= 0.6 is 0 Å². The van der Waals surface area contributed by atoms with Crippen LogP contribution in [0.3, 0.4) is 0 Å². The van der Waals surface area contributed by atoms with Gasteiger partial charge in [-0.25, -0.2) is 9.97 Å². The number of rotatable bonds is 4. The Hall–Kier alpha value is -2.51. The average molecular weight is 316 g/mol. The summed E-state index contributed by atoms with van der Waals surface area (Å²) in [4.78, 5) is 23.5. The Bertz CT molecular complexity index is 700. The van der Waals surface area contributed by atoms with Crippen LogP contribution in [-0.2, 0) is 0 Å². The zero-order valence-corrected chi connectivity index (χ0v) is 13.3. The molecule has 1 fully saturated rings. The lowest BCUT2D eigenvalue weighted by atomic mass is 9.87. The van der Waals surface area contributed by atoms with Gasteiger partial charge in [0.05, 0.1) is 4.92 Å². The molecule has 1 unspecified atom stereocenters. The maximum absolute atomic E-state index is 11.4. The van der Waals surface area contributed by atoms with Crippen LogP contribution in [0.15, 0.2) is 18.7 Å². The van der Waals surface area contributed by atoms with Crippen molar-refractivity contribution in [1.29, 1.82) is 0 Å². The largest absolute Gasteiger partial charge is 0.351 e. The third-order valence-corrected chi connectivity index (χ3v) is 4.24. The van der Waals surface area contributed by atoms with Crippen molar-refractivity contribution in [3.8, 4) is 5.82 Å². The Morgan fingerprint density at radius 3 is 2.87 bits per heavy atom. The molecule has 122 valence electrons. The van der Waals surface area contributed by atoms with Crippen LogP contribution in [0.5, 0.6) is 0 Å². The summed E-state index contributed by atoms with van der Waals surface area (Å²) in [5.74, 6) is 1.36. The van der Waals surface area contributed by atoms with E-state index in [0.29, 0.717) is 23.6 Å². The second-order valence-corrected chi connectivity index (χ2v) is 6.14. The molecule has 1 aliphatic carbocycles. The number of hydrogen-bond acceptors (Lipinski definition) is 6. The molecule has 0 saturated heterocycles. The topological polar surface area (TPSA) is 98.8 Å². The minimum absolute atomic E-state index is 0.0921. The molecule has 0 spiro atoms. The van der Waals surface area contributed by atoms with Crippen LogP contribution in [0.2, 0.25) is 0 Å². The molecule has 2 aromatic rings. The van der Waals surface area contributed by atoms with Crippen molar-refractivity contribution in [3.05, 3.63) is 34.5 Å². The Morgan fingerprint density at radius 1 is 1.39 bits per heavy atom. The van der Waals surface area contributed by atoms with Gasteiger partial charge in [-0.1, -0.05) is 19.8 Å². The Balaban J connectivity index is 1.94. The molecule has 8 nitrogen and oxygen atoms in total. The van der Waals surface area contributed by atoms with Crippen molar-refractivity contribution >= 4 is 11.6 Å². The summed E-state index contributed by atoms with van der Waals surface area (Å²) >= 11 is 0. The Morgan fingerprint density at radius 2 is 2.22 bits per heavy atom. The molecule has 0 aromatic carbocycles. The molecule has 1 saturated carbocycles. The van der Waals surface area contributed by atoms with Gasteiger partial charge in [-0.2, -0.15) is 4.98 Å². The van der Waals surface area contributed by atoms with E-state index in [0.717, 1.165) is 12.8 Å².